The van der Waals surface area contributed by atoms with Gasteiger partial charge in [0.05, 0.1) is 13.0 Å². The van der Waals surface area contributed by atoms with E-state index in [1.54, 1.807) is 12.1 Å². The van der Waals surface area contributed by atoms with Gasteiger partial charge >= 0.3 is 0 Å². The van der Waals surface area contributed by atoms with Crippen molar-refractivity contribution in [1.29, 1.82) is 0 Å². The van der Waals surface area contributed by atoms with Gasteiger partial charge in [0.25, 0.3) is 0 Å². The molecule has 0 heterocycles. The van der Waals surface area contributed by atoms with Crippen molar-refractivity contribution in [2.24, 2.45) is 0 Å². The molecule has 0 radical (unpaired) electrons. The Morgan fingerprint density at radius 1 is 1.10 bits per heavy atom. The fraction of sp³-hybridized carbons (Fsp3) is 0.188. The molecule has 0 aliphatic heterocycles. The smallest absolute Gasteiger partial charge is 0.224 e. The highest BCUT2D eigenvalue weighted by molar-refractivity contribution is 6.30. The van der Waals surface area contributed by atoms with E-state index in [1.807, 2.05) is 36.4 Å². The number of nitrogens with one attached hydrogen (secondary N) is 1. The van der Waals surface area contributed by atoms with Gasteiger partial charge < -0.3 is 10.4 Å². The molecular weight excluding hydrogens is 274 g/mol. The number of carbonyl (C=O) groups is 1. The zero-order chi connectivity index (χ0) is 14.4. The van der Waals surface area contributed by atoms with E-state index in [0.717, 1.165) is 16.7 Å². The lowest BCUT2D eigenvalue weighted by Crippen LogP contribution is -2.25. The first-order valence-corrected chi connectivity index (χ1v) is 6.75. The van der Waals surface area contributed by atoms with E-state index < -0.39 is 0 Å². The molecule has 2 N–H and O–H groups in total. The van der Waals surface area contributed by atoms with Crippen LogP contribution in [0, 0.1) is 0 Å². The van der Waals surface area contributed by atoms with Gasteiger partial charge in [0.2, 0.25) is 5.91 Å². The van der Waals surface area contributed by atoms with Crippen molar-refractivity contribution in [3.8, 4) is 0 Å². The van der Waals surface area contributed by atoms with Gasteiger partial charge in [-0.05, 0) is 28.8 Å². The summed E-state index contributed by atoms with van der Waals surface area (Å²) in [5.74, 6) is -0.0694. The Balaban J connectivity index is 1.92. The van der Waals surface area contributed by atoms with E-state index >= 15 is 0 Å². The van der Waals surface area contributed by atoms with Crippen LogP contribution in [0.2, 0.25) is 5.02 Å². The predicted octanol–water partition coefficient (Wildman–Crippen LogP) is 2.69. The van der Waals surface area contributed by atoms with Gasteiger partial charge in [0.1, 0.15) is 0 Å². The molecule has 20 heavy (non-hydrogen) atoms. The Kier molecular flexibility index (Phi) is 5.16. The van der Waals surface area contributed by atoms with Crippen molar-refractivity contribution in [1.82, 2.24) is 5.32 Å². The number of rotatable bonds is 5. The van der Waals surface area contributed by atoms with Gasteiger partial charge in [-0.1, -0.05) is 48.0 Å². The Hall–Kier alpha value is -1.84. The number of hydrogen-bond acceptors (Lipinski definition) is 2. The number of hydrogen-bond donors (Lipinski definition) is 2. The highest BCUT2D eigenvalue weighted by atomic mass is 35.5. The molecule has 104 valence electrons. The van der Waals surface area contributed by atoms with E-state index in [1.165, 1.54) is 0 Å². The summed E-state index contributed by atoms with van der Waals surface area (Å²) in [6.07, 6.45) is 0.294. The molecule has 0 atom stereocenters. The number of carbonyl (C=O) groups excluding carboxylic acids is 1. The Morgan fingerprint density at radius 2 is 1.85 bits per heavy atom. The zero-order valence-electron chi connectivity index (χ0n) is 11.0. The monoisotopic (exact) mass is 289 g/mol. The summed E-state index contributed by atoms with van der Waals surface area (Å²) in [7, 11) is 0. The number of amides is 1. The third kappa shape index (κ3) is 4.08. The third-order valence-corrected chi connectivity index (χ3v) is 3.25. The molecule has 0 unspecified atom stereocenters. The molecule has 0 aromatic heterocycles. The van der Waals surface area contributed by atoms with Gasteiger partial charge in [-0.25, -0.2) is 0 Å². The second-order valence-electron chi connectivity index (χ2n) is 4.51. The van der Waals surface area contributed by atoms with Gasteiger partial charge in [-0.3, -0.25) is 4.79 Å². The first-order chi connectivity index (χ1) is 9.69. The average molecular weight is 290 g/mol. The quantitative estimate of drug-likeness (QED) is 0.889. The molecule has 0 saturated carbocycles. The van der Waals surface area contributed by atoms with Crippen LogP contribution in [0.5, 0.6) is 0 Å². The fourth-order valence-electron chi connectivity index (χ4n) is 1.97. The molecule has 1 amide bonds. The van der Waals surface area contributed by atoms with E-state index in [0.29, 0.717) is 18.0 Å². The molecule has 2 aromatic rings. The van der Waals surface area contributed by atoms with Crippen LogP contribution >= 0.6 is 11.6 Å². The zero-order valence-corrected chi connectivity index (χ0v) is 11.7. The molecule has 0 saturated heterocycles. The molecule has 0 spiro atoms. The van der Waals surface area contributed by atoms with Gasteiger partial charge in [0.15, 0.2) is 0 Å². The van der Waals surface area contributed by atoms with E-state index in [4.69, 9.17) is 11.6 Å². The van der Waals surface area contributed by atoms with Crippen molar-refractivity contribution in [2.75, 3.05) is 0 Å². The minimum Gasteiger partial charge on any atom is -0.392 e. The summed E-state index contributed by atoms with van der Waals surface area (Å²) in [5, 5.41) is 12.7. The summed E-state index contributed by atoms with van der Waals surface area (Å²) in [5.41, 5.74) is 2.63. The molecule has 4 heteroatoms. The molecular formula is C16H16ClNO2. The van der Waals surface area contributed by atoms with Gasteiger partial charge in [-0.2, -0.15) is 0 Å². The van der Waals surface area contributed by atoms with Crippen LogP contribution in [0.1, 0.15) is 16.7 Å². The first kappa shape index (κ1) is 14.6. The third-order valence-electron chi connectivity index (χ3n) is 3.02. The van der Waals surface area contributed by atoms with E-state index in [9.17, 15) is 9.90 Å². The Bertz CT molecular complexity index is 599. The number of aliphatic hydroxyl groups excluding tert-OH is 1. The van der Waals surface area contributed by atoms with Gasteiger partial charge in [0, 0.05) is 11.6 Å². The first-order valence-electron chi connectivity index (χ1n) is 6.38. The largest absolute Gasteiger partial charge is 0.392 e. The highest BCUT2D eigenvalue weighted by Crippen LogP contribution is 2.11. The van der Waals surface area contributed by atoms with Crippen LogP contribution in [-0.2, 0) is 24.4 Å². The summed E-state index contributed by atoms with van der Waals surface area (Å²) in [6.45, 7) is 0.385. The second kappa shape index (κ2) is 7.08. The lowest BCUT2D eigenvalue weighted by molar-refractivity contribution is -0.120. The van der Waals surface area contributed by atoms with Crippen LogP contribution < -0.4 is 5.32 Å². The maximum atomic E-state index is 11.9. The van der Waals surface area contributed by atoms with Crippen LogP contribution in [-0.4, -0.2) is 11.0 Å². The van der Waals surface area contributed by atoms with E-state index in [-0.39, 0.29) is 12.5 Å². The number of aliphatic hydroxyl groups is 1. The maximum Gasteiger partial charge on any atom is 0.224 e. The maximum absolute atomic E-state index is 11.9. The lowest BCUT2D eigenvalue weighted by atomic mass is 10.1. The molecule has 2 rings (SSSR count). The molecule has 0 aliphatic rings. The summed E-state index contributed by atoms with van der Waals surface area (Å²) < 4.78 is 0. The normalized spacial score (nSPS) is 10.3. The molecule has 0 fully saturated rings. The molecule has 3 nitrogen and oxygen atoms in total. The van der Waals surface area contributed by atoms with Crippen molar-refractivity contribution in [3.63, 3.8) is 0 Å². The van der Waals surface area contributed by atoms with Crippen LogP contribution in [0.15, 0.2) is 48.5 Å². The minimum atomic E-state index is -0.0694. The van der Waals surface area contributed by atoms with Gasteiger partial charge in [-0.15, -0.1) is 0 Å². The fourth-order valence-corrected chi connectivity index (χ4v) is 2.19. The number of halogens is 1. The average Bonchev–Trinajstić information content (AvgIpc) is 2.45. The summed E-state index contributed by atoms with van der Waals surface area (Å²) >= 11 is 5.88. The second-order valence-corrected chi connectivity index (χ2v) is 4.95. The van der Waals surface area contributed by atoms with Crippen molar-refractivity contribution in [2.45, 2.75) is 19.6 Å². The van der Waals surface area contributed by atoms with Crippen LogP contribution in [0.25, 0.3) is 0 Å². The molecule has 0 bridgehead atoms. The molecule has 0 aliphatic carbocycles. The van der Waals surface area contributed by atoms with Crippen molar-refractivity contribution in [3.05, 3.63) is 70.2 Å². The SMILES string of the molecule is O=C(Cc1cccc(Cl)c1)NCc1ccccc1CO. The van der Waals surface area contributed by atoms with Crippen LogP contribution in [0.3, 0.4) is 0 Å². The van der Waals surface area contributed by atoms with E-state index in [2.05, 4.69) is 5.32 Å². The highest BCUT2D eigenvalue weighted by Gasteiger charge is 2.05. The molecule has 2 aromatic carbocycles. The lowest BCUT2D eigenvalue weighted by Gasteiger charge is -2.09. The van der Waals surface area contributed by atoms with Crippen LogP contribution in [0.4, 0.5) is 0 Å². The standard InChI is InChI=1S/C16H16ClNO2/c17-15-7-3-4-12(8-15)9-16(20)18-10-13-5-1-2-6-14(13)11-19/h1-8,19H,9-11H2,(H,18,20). The van der Waals surface area contributed by atoms with Crippen molar-refractivity contribution < 1.29 is 9.90 Å². The minimum absolute atomic E-state index is 0.0274. The Morgan fingerprint density at radius 3 is 2.55 bits per heavy atom. The number of benzene rings is 2. The topological polar surface area (TPSA) is 49.3 Å². The predicted molar refractivity (Wildman–Crippen MR) is 79.4 cm³/mol. The Labute approximate surface area is 123 Å². The summed E-state index contributed by atoms with van der Waals surface area (Å²) in [4.78, 5) is 11.9. The summed E-state index contributed by atoms with van der Waals surface area (Å²) in [6, 6.07) is 14.7. The van der Waals surface area contributed by atoms with Crippen molar-refractivity contribution >= 4 is 17.5 Å².